The third kappa shape index (κ3) is 3.28. The van der Waals surface area contributed by atoms with E-state index in [2.05, 4.69) is 20.5 Å². The highest BCUT2D eigenvalue weighted by atomic mass is 19.1. The second-order valence-electron chi connectivity index (χ2n) is 6.79. The molecule has 28 heavy (non-hydrogen) atoms. The van der Waals surface area contributed by atoms with Gasteiger partial charge in [-0.3, -0.25) is 4.79 Å². The molecule has 1 saturated carbocycles. The lowest BCUT2D eigenvalue weighted by Gasteiger charge is -2.43. The molecular formula is C20H17F2N5O. The van der Waals surface area contributed by atoms with Crippen molar-refractivity contribution < 1.29 is 13.6 Å². The molecule has 3 aromatic rings. The number of carbonyl (C=O) groups excluding carboxylic acids is 1. The first-order valence-electron chi connectivity index (χ1n) is 8.80. The number of halogens is 2. The molecule has 0 radical (unpaired) electrons. The van der Waals surface area contributed by atoms with E-state index in [1.807, 2.05) is 0 Å². The third-order valence-corrected chi connectivity index (χ3v) is 5.04. The van der Waals surface area contributed by atoms with Crippen molar-refractivity contribution in [2.75, 3.05) is 5.32 Å². The molecule has 1 fully saturated rings. The second-order valence-corrected chi connectivity index (χ2v) is 6.79. The summed E-state index contributed by atoms with van der Waals surface area (Å²) >= 11 is 0. The summed E-state index contributed by atoms with van der Waals surface area (Å²) < 4.78 is 27.3. The first-order valence-corrected chi connectivity index (χ1v) is 8.80. The van der Waals surface area contributed by atoms with Crippen LogP contribution in [-0.4, -0.2) is 21.1 Å². The van der Waals surface area contributed by atoms with E-state index in [9.17, 15) is 13.6 Å². The van der Waals surface area contributed by atoms with Crippen molar-refractivity contribution in [1.82, 2.24) is 15.2 Å². The van der Waals surface area contributed by atoms with Crippen LogP contribution in [0.3, 0.4) is 0 Å². The van der Waals surface area contributed by atoms with Crippen molar-refractivity contribution in [3.05, 3.63) is 71.4 Å². The topological polar surface area (TPSA) is 93.8 Å². The maximum absolute atomic E-state index is 14.1. The molecule has 1 amide bonds. The Balaban J connectivity index is 1.59. The van der Waals surface area contributed by atoms with E-state index in [-0.39, 0.29) is 28.2 Å². The molecule has 0 aliphatic heterocycles. The van der Waals surface area contributed by atoms with E-state index >= 15 is 0 Å². The predicted molar refractivity (Wildman–Crippen MR) is 99.3 cm³/mol. The highest BCUT2D eigenvalue weighted by Gasteiger charge is 2.39. The maximum atomic E-state index is 14.1. The average Bonchev–Trinajstić information content (AvgIpc) is 2.66. The number of carbonyl (C=O) groups is 1. The molecule has 3 N–H and O–H groups in total. The number of anilines is 1. The van der Waals surface area contributed by atoms with Gasteiger partial charge in [0, 0.05) is 11.1 Å². The Hall–Kier alpha value is -3.42. The minimum Gasteiger partial charge on any atom is -0.366 e. The number of rotatable bonds is 5. The molecule has 0 saturated heterocycles. The first-order chi connectivity index (χ1) is 13.5. The Morgan fingerprint density at radius 2 is 1.82 bits per heavy atom. The molecule has 1 heterocycles. The largest absolute Gasteiger partial charge is 0.366 e. The van der Waals surface area contributed by atoms with Gasteiger partial charge in [-0.15, -0.1) is 10.2 Å². The fourth-order valence-electron chi connectivity index (χ4n) is 3.33. The normalized spacial score (nSPS) is 14.9. The van der Waals surface area contributed by atoms with Crippen LogP contribution in [0, 0.1) is 11.6 Å². The minimum absolute atomic E-state index is 0.0970. The smallest absolute Gasteiger partial charge is 0.248 e. The van der Waals surface area contributed by atoms with Crippen LogP contribution >= 0.6 is 0 Å². The van der Waals surface area contributed by atoms with Gasteiger partial charge in [0.15, 0.2) is 0 Å². The molecule has 142 valence electrons. The quantitative estimate of drug-likeness (QED) is 0.706. The van der Waals surface area contributed by atoms with Crippen LogP contribution < -0.4 is 11.1 Å². The minimum atomic E-state index is -0.660. The summed E-state index contributed by atoms with van der Waals surface area (Å²) in [5, 5.41) is 11.4. The monoisotopic (exact) mass is 381 g/mol. The van der Waals surface area contributed by atoms with Gasteiger partial charge in [0.05, 0.1) is 11.7 Å². The lowest BCUT2D eigenvalue weighted by molar-refractivity contribution is 0.100. The molecule has 0 unspecified atom stereocenters. The lowest BCUT2D eigenvalue weighted by atomic mass is 9.72. The van der Waals surface area contributed by atoms with Crippen molar-refractivity contribution in [1.29, 1.82) is 0 Å². The number of nitrogens with two attached hydrogens (primary N) is 1. The van der Waals surface area contributed by atoms with E-state index in [1.54, 1.807) is 12.1 Å². The predicted octanol–water partition coefficient (Wildman–Crippen LogP) is 3.41. The Labute approximate surface area is 159 Å². The Morgan fingerprint density at radius 1 is 1.07 bits per heavy atom. The third-order valence-electron chi connectivity index (χ3n) is 5.04. The summed E-state index contributed by atoms with van der Waals surface area (Å²) in [5.74, 6) is -1.21. The summed E-state index contributed by atoms with van der Waals surface area (Å²) in [6.45, 7) is 0. The van der Waals surface area contributed by atoms with Crippen molar-refractivity contribution in [2.24, 2.45) is 5.73 Å². The Bertz CT molecular complexity index is 1020. The van der Waals surface area contributed by atoms with Gasteiger partial charge in [0.2, 0.25) is 11.9 Å². The van der Waals surface area contributed by atoms with Gasteiger partial charge in [-0.25, -0.2) is 13.8 Å². The molecular weight excluding hydrogens is 364 g/mol. The van der Waals surface area contributed by atoms with E-state index in [4.69, 9.17) is 5.73 Å². The molecule has 1 aromatic heterocycles. The first kappa shape index (κ1) is 18.0. The molecule has 8 heteroatoms. The highest BCUT2D eigenvalue weighted by molar-refractivity contribution is 5.94. The number of nitrogens with zero attached hydrogens (tertiary/aromatic N) is 3. The van der Waals surface area contributed by atoms with E-state index in [0.717, 1.165) is 30.9 Å². The Kier molecular flexibility index (Phi) is 4.46. The molecule has 0 atom stereocenters. The maximum Gasteiger partial charge on any atom is 0.248 e. The molecule has 1 aliphatic carbocycles. The van der Waals surface area contributed by atoms with E-state index in [0.29, 0.717) is 5.95 Å². The van der Waals surface area contributed by atoms with Crippen LogP contribution in [0.25, 0.3) is 11.3 Å². The van der Waals surface area contributed by atoms with Gasteiger partial charge in [-0.1, -0.05) is 12.1 Å². The second kappa shape index (κ2) is 6.95. The summed E-state index contributed by atoms with van der Waals surface area (Å²) in [5.41, 5.74) is 6.29. The number of hydrogen-bond donors (Lipinski definition) is 2. The molecule has 0 spiro atoms. The molecule has 2 aromatic carbocycles. The standard InChI is InChI=1S/C20H17F2N5O/c21-14-5-3-13(4-6-14)20(8-1-9-20)25-19-24-11-17(26-27-19)15-10-12(18(23)28)2-7-16(15)22/h2-7,10-11H,1,8-9H2,(H2,23,28)(H,24,25,27). The average molecular weight is 381 g/mol. The van der Waals surface area contributed by atoms with Crippen LogP contribution in [0.15, 0.2) is 48.7 Å². The fraction of sp³-hybridized carbons (Fsp3) is 0.200. The van der Waals surface area contributed by atoms with Crippen LogP contribution in [0.5, 0.6) is 0 Å². The van der Waals surface area contributed by atoms with Crippen LogP contribution in [-0.2, 0) is 5.54 Å². The van der Waals surface area contributed by atoms with Gasteiger partial charge in [-0.2, -0.15) is 0 Å². The number of aromatic nitrogens is 3. The zero-order chi connectivity index (χ0) is 19.7. The summed E-state index contributed by atoms with van der Waals surface area (Å²) in [6, 6.07) is 10.1. The Morgan fingerprint density at radius 3 is 2.39 bits per heavy atom. The number of primary amides is 1. The number of hydrogen-bond acceptors (Lipinski definition) is 5. The molecule has 1 aliphatic rings. The van der Waals surface area contributed by atoms with Gasteiger partial charge in [-0.05, 0) is 55.2 Å². The molecule has 0 bridgehead atoms. The SMILES string of the molecule is NC(=O)c1ccc(F)c(-c2cnc(NC3(c4ccc(F)cc4)CCC3)nn2)c1. The van der Waals surface area contributed by atoms with Crippen molar-refractivity contribution in [3.8, 4) is 11.3 Å². The van der Waals surface area contributed by atoms with Crippen molar-refractivity contribution in [3.63, 3.8) is 0 Å². The fourth-order valence-corrected chi connectivity index (χ4v) is 3.33. The summed E-state index contributed by atoms with van der Waals surface area (Å²) in [7, 11) is 0. The van der Waals surface area contributed by atoms with Crippen LogP contribution in [0.4, 0.5) is 14.7 Å². The van der Waals surface area contributed by atoms with E-state index < -0.39 is 11.7 Å². The van der Waals surface area contributed by atoms with E-state index in [1.165, 1.54) is 30.5 Å². The zero-order valence-electron chi connectivity index (χ0n) is 14.8. The number of nitrogens with one attached hydrogen (secondary N) is 1. The molecule has 6 nitrogen and oxygen atoms in total. The van der Waals surface area contributed by atoms with Crippen molar-refractivity contribution >= 4 is 11.9 Å². The highest BCUT2D eigenvalue weighted by Crippen LogP contribution is 2.43. The van der Waals surface area contributed by atoms with Gasteiger partial charge in [0.25, 0.3) is 0 Å². The van der Waals surface area contributed by atoms with Gasteiger partial charge in [0.1, 0.15) is 17.3 Å². The van der Waals surface area contributed by atoms with Crippen LogP contribution in [0.1, 0.15) is 35.2 Å². The number of benzene rings is 2. The zero-order valence-corrected chi connectivity index (χ0v) is 14.8. The molecule has 4 rings (SSSR count). The van der Waals surface area contributed by atoms with Crippen molar-refractivity contribution in [2.45, 2.75) is 24.8 Å². The lowest BCUT2D eigenvalue weighted by Crippen LogP contribution is -2.42. The summed E-state index contributed by atoms with van der Waals surface area (Å²) in [4.78, 5) is 15.6. The van der Waals surface area contributed by atoms with Crippen LogP contribution in [0.2, 0.25) is 0 Å². The summed E-state index contributed by atoms with van der Waals surface area (Å²) in [6.07, 6.45) is 4.13. The number of amides is 1. The van der Waals surface area contributed by atoms with Gasteiger partial charge < -0.3 is 11.1 Å². The van der Waals surface area contributed by atoms with Gasteiger partial charge >= 0.3 is 0 Å².